The maximum absolute atomic E-state index is 12.7. The molecule has 2 N–H and O–H groups in total. The van der Waals surface area contributed by atoms with Gasteiger partial charge < -0.3 is 15.1 Å². The summed E-state index contributed by atoms with van der Waals surface area (Å²) in [5, 5.41) is 5.70. The van der Waals surface area contributed by atoms with Gasteiger partial charge in [0, 0.05) is 0 Å². The van der Waals surface area contributed by atoms with E-state index in [2.05, 4.69) is 10.6 Å². The van der Waals surface area contributed by atoms with Crippen LogP contribution in [0.4, 0.5) is 11.4 Å². The minimum absolute atomic E-state index is 0.150. The van der Waals surface area contributed by atoms with Gasteiger partial charge in [0.1, 0.15) is 12.3 Å². The molecule has 168 valence electrons. The van der Waals surface area contributed by atoms with Crippen molar-refractivity contribution < 1.29 is 22.4 Å². The molecule has 0 aliphatic carbocycles. The van der Waals surface area contributed by atoms with Crippen molar-refractivity contribution in [2.75, 3.05) is 22.4 Å². The van der Waals surface area contributed by atoms with Gasteiger partial charge >= 0.3 is 0 Å². The molecular formula is C21H19Cl2N3O5S. The maximum atomic E-state index is 12.7. The first kappa shape index (κ1) is 23.6. The highest BCUT2D eigenvalue weighted by Crippen LogP contribution is 2.28. The molecule has 3 aromatic rings. The Hall–Kier alpha value is -3.01. The summed E-state index contributed by atoms with van der Waals surface area (Å²) in [6, 6.07) is 14.0. The van der Waals surface area contributed by atoms with E-state index >= 15 is 0 Å². The van der Waals surface area contributed by atoms with Crippen LogP contribution in [0.15, 0.2) is 65.3 Å². The van der Waals surface area contributed by atoms with E-state index in [-0.39, 0.29) is 33.5 Å². The molecule has 0 aliphatic rings. The van der Waals surface area contributed by atoms with Crippen LogP contribution in [-0.2, 0) is 21.4 Å². The van der Waals surface area contributed by atoms with Crippen LogP contribution in [-0.4, -0.2) is 33.0 Å². The number of carbonyl (C=O) groups excluding carboxylic acids is 2. The highest BCUT2D eigenvalue weighted by molar-refractivity contribution is 7.92. The lowest BCUT2D eigenvalue weighted by Gasteiger charge is -2.22. The molecule has 3 rings (SSSR count). The topological polar surface area (TPSA) is 109 Å². The van der Waals surface area contributed by atoms with Crippen LogP contribution in [0.3, 0.4) is 0 Å². The van der Waals surface area contributed by atoms with Crippen molar-refractivity contribution in [3.8, 4) is 0 Å². The molecule has 0 aliphatic heterocycles. The number of carbonyl (C=O) groups is 2. The van der Waals surface area contributed by atoms with Gasteiger partial charge in [0.15, 0.2) is 0 Å². The van der Waals surface area contributed by atoms with Crippen molar-refractivity contribution in [3.63, 3.8) is 0 Å². The molecule has 0 bridgehead atoms. The average Bonchev–Trinajstić information content (AvgIpc) is 3.26. The molecule has 1 aromatic heterocycles. The van der Waals surface area contributed by atoms with E-state index in [1.807, 2.05) is 0 Å². The first-order valence-electron chi connectivity index (χ1n) is 9.27. The van der Waals surface area contributed by atoms with Gasteiger partial charge in [-0.15, -0.1) is 0 Å². The van der Waals surface area contributed by atoms with Crippen molar-refractivity contribution in [2.24, 2.45) is 0 Å². The second-order valence-electron chi connectivity index (χ2n) is 6.72. The lowest BCUT2D eigenvalue weighted by Crippen LogP contribution is -2.37. The Kier molecular flexibility index (Phi) is 7.44. The minimum atomic E-state index is -3.81. The lowest BCUT2D eigenvalue weighted by molar-refractivity contribution is -0.114. The van der Waals surface area contributed by atoms with Gasteiger partial charge in [0.25, 0.3) is 5.91 Å². The Morgan fingerprint density at radius 1 is 1.03 bits per heavy atom. The van der Waals surface area contributed by atoms with E-state index in [9.17, 15) is 18.0 Å². The molecule has 0 fully saturated rings. The molecule has 0 spiro atoms. The van der Waals surface area contributed by atoms with Gasteiger partial charge in [-0.3, -0.25) is 13.9 Å². The van der Waals surface area contributed by atoms with Gasteiger partial charge in [-0.1, -0.05) is 35.3 Å². The second-order valence-corrected chi connectivity index (χ2v) is 9.45. The van der Waals surface area contributed by atoms with Crippen LogP contribution in [0, 0.1) is 0 Å². The Balaban J connectivity index is 1.75. The standard InChI is InChI=1S/C21H19Cl2N3O5S/c1-32(29,30)26(14-8-9-17(22)18(23)11-14)13-20(27)25-19-7-3-2-6-16(19)21(28)24-12-15-5-4-10-31-15/h2-11H,12-13H2,1H3,(H,24,28)(H,25,27). The number of nitrogens with one attached hydrogen (secondary N) is 2. The number of amides is 2. The van der Waals surface area contributed by atoms with Gasteiger partial charge in [-0.2, -0.15) is 0 Å². The Labute approximate surface area is 195 Å². The van der Waals surface area contributed by atoms with Crippen molar-refractivity contribution in [2.45, 2.75) is 6.54 Å². The Bertz CT molecular complexity index is 1230. The van der Waals surface area contributed by atoms with Crippen LogP contribution in [0.2, 0.25) is 10.0 Å². The molecule has 0 atom stereocenters. The molecule has 0 radical (unpaired) electrons. The van der Waals surface area contributed by atoms with Crippen molar-refractivity contribution in [3.05, 3.63) is 82.2 Å². The fourth-order valence-electron chi connectivity index (χ4n) is 2.83. The molecule has 0 unspecified atom stereocenters. The molecule has 2 aromatic carbocycles. The van der Waals surface area contributed by atoms with Crippen LogP contribution in [0.1, 0.15) is 16.1 Å². The summed E-state index contributed by atoms with van der Waals surface area (Å²) < 4.78 is 30.6. The Morgan fingerprint density at radius 3 is 2.44 bits per heavy atom. The Morgan fingerprint density at radius 2 is 1.78 bits per heavy atom. The monoisotopic (exact) mass is 495 g/mol. The summed E-state index contributed by atoms with van der Waals surface area (Å²) in [7, 11) is -3.81. The quantitative estimate of drug-likeness (QED) is 0.492. The number of sulfonamides is 1. The van der Waals surface area contributed by atoms with Gasteiger partial charge in [0.2, 0.25) is 15.9 Å². The SMILES string of the molecule is CS(=O)(=O)N(CC(=O)Nc1ccccc1C(=O)NCc1ccco1)c1ccc(Cl)c(Cl)c1. The molecule has 11 heteroatoms. The third-order valence-electron chi connectivity index (χ3n) is 4.33. The fourth-order valence-corrected chi connectivity index (χ4v) is 3.97. The van der Waals surface area contributed by atoms with E-state index < -0.39 is 28.4 Å². The highest BCUT2D eigenvalue weighted by Gasteiger charge is 2.22. The molecule has 1 heterocycles. The van der Waals surface area contributed by atoms with Crippen LogP contribution in [0.25, 0.3) is 0 Å². The van der Waals surface area contributed by atoms with Gasteiger partial charge in [0.05, 0.1) is 46.0 Å². The molecular weight excluding hydrogens is 477 g/mol. The summed E-state index contributed by atoms with van der Waals surface area (Å²) in [4.78, 5) is 25.3. The first-order chi connectivity index (χ1) is 15.1. The zero-order chi connectivity index (χ0) is 23.3. The zero-order valence-electron chi connectivity index (χ0n) is 16.8. The van der Waals surface area contributed by atoms with E-state index in [0.29, 0.717) is 5.76 Å². The number of hydrogen-bond acceptors (Lipinski definition) is 5. The zero-order valence-corrected chi connectivity index (χ0v) is 19.2. The number of furan rings is 1. The third kappa shape index (κ3) is 6.03. The lowest BCUT2D eigenvalue weighted by atomic mass is 10.1. The smallest absolute Gasteiger partial charge is 0.253 e. The van der Waals surface area contributed by atoms with Gasteiger partial charge in [-0.25, -0.2) is 8.42 Å². The van der Waals surface area contributed by atoms with Crippen LogP contribution >= 0.6 is 23.2 Å². The fraction of sp³-hybridized carbons (Fsp3) is 0.143. The summed E-state index contributed by atoms with van der Waals surface area (Å²) in [6.45, 7) is -0.355. The molecule has 2 amide bonds. The van der Waals surface area contributed by atoms with Crippen molar-refractivity contribution in [1.82, 2.24) is 5.32 Å². The highest BCUT2D eigenvalue weighted by atomic mass is 35.5. The number of halogens is 2. The normalized spacial score (nSPS) is 11.1. The third-order valence-corrected chi connectivity index (χ3v) is 6.21. The predicted molar refractivity (Wildman–Crippen MR) is 124 cm³/mol. The molecule has 8 nitrogen and oxygen atoms in total. The molecule has 0 saturated carbocycles. The predicted octanol–water partition coefficient (Wildman–Crippen LogP) is 3.92. The van der Waals surface area contributed by atoms with Crippen LogP contribution < -0.4 is 14.9 Å². The van der Waals surface area contributed by atoms with Gasteiger partial charge in [-0.05, 0) is 42.5 Å². The number of anilines is 2. The van der Waals surface area contributed by atoms with E-state index in [4.69, 9.17) is 27.6 Å². The largest absolute Gasteiger partial charge is 0.467 e. The number of benzene rings is 2. The van der Waals surface area contributed by atoms with Crippen molar-refractivity contribution >= 4 is 56.4 Å². The molecule has 32 heavy (non-hydrogen) atoms. The number of hydrogen-bond donors (Lipinski definition) is 2. The number of para-hydroxylation sites is 1. The van der Waals surface area contributed by atoms with E-state index in [1.54, 1.807) is 36.4 Å². The van der Waals surface area contributed by atoms with Crippen LogP contribution in [0.5, 0.6) is 0 Å². The van der Waals surface area contributed by atoms with E-state index in [1.165, 1.54) is 24.5 Å². The summed E-state index contributed by atoms with van der Waals surface area (Å²) >= 11 is 11.9. The summed E-state index contributed by atoms with van der Waals surface area (Å²) in [6.07, 6.45) is 2.47. The van der Waals surface area contributed by atoms with Crippen molar-refractivity contribution in [1.29, 1.82) is 0 Å². The summed E-state index contributed by atoms with van der Waals surface area (Å²) in [5.41, 5.74) is 0.631. The van der Waals surface area contributed by atoms with E-state index in [0.717, 1.165) is 10.6 Å². The molecule has 0 saturated heterocycles. The first-order valence-corrected chi connectivity index (χ1v) is 11.9. The second kappa shape index (κ2) is 10.1. The number of nitrogens with zero attached hydrogens (tertiary/aromatic N) is 1. The summed E-state index contributed by atoms with van der Waals surface area (Å²) in [5.74, 6) is -0.500. The maximum Gasteiger partial charge on any atom is 0.253 e. The average molecular weight is 496 g/mol. The minimum Gasteiger partial charge on any atom is -0.467 e. The number of rotatable bonds is 8.